The van der Waals surface area contributed by atoms with Crippen molar-refractivity contribution in [3.63, 3.8) is 0 Å². The largest absolute Gasteiger partial charge is 0.461 e. The number of hydrogen-bond acceptors (Lipinski definition) is 3. The van der Waals surface area contributed by atoms with E-state index in [2.05, 4.69) is 10.6 Å². The summed E-state index contributed by atoms with van der Waals surface area (Å²) in [7, 11) is 1.58. The van der Waals surface area contributed by atoms with E-state index in [9.17, 15) is 9.59 Å². The fourth-order valence-corrected chi connectivity index (χ4v) is 2.58. The third-order valence-corrected chi connectivity index (χ3v) is 3.98. The Labute approximate surface area is 152 Å². The summed E-state index contributed by atoms with van der Waals surface area (Å²) in [5.41, 5.74) is 2.22. The van der Waals surface area contributed by atoms with E-state index in [1.807, 2.05) is 42.5 Å². The zero-order valence-corrected chi connectivity index (χ0v) is 14.5. The summed E-state index contributed by atoms with van der Waals surface area (Å²) in [6.07, 6.45) is 0.841. The molecule has 0 aliphatic heterocycles. The predicted octanol–water partition coefficient (Wildman–Crippen LogP) is 3.88. The first-order valence-electron chi connectivity index (χ1n) is 8.42. The molecule has 0 radical (unpaired) electrons. The number of benzene rings is 2. The molecule has 0 fully saturated rings. The molecule has 0 saturated heterocycles. The highest BCUT2D eigenvalue weighted by atomic mass is 16.3. The molecule has 1 heterocycles. The summed E-state index contributed by atoms with van der Waals surface area (Å²) in [6, 6.07) is 20.4. The summed E-state index contributed by atoms with van der Waals surface area (Å²) in [6.45, 7) is 0. The molecule has 3 aromatic rings. The van der Waals surface area contributed by atoms with E-state index in [4.69, 9.17) is 4.42 Å². The van der Waals surface area contributed by atoms with Crippen LogP contribution in [0.15, 0.2) is 71.1 Å². The Kier molecular flexibility index (Phi) is 5.49. The Morgan fingerprint density at radius 1 is 0.923 bits per heavy atom. The Bertz CT molecular complexity index is 883. The molecule has 1 aromatic heterocycles. The Hall–Kier alpha value is -3.34. The standard InChI is InChI=1S/C21H20N2O3/c1-22-21(25)16-7-9-17(10-8-16)23-20(24)14-12-18-11-13-19(26-18)15-5-3-2-4-6-15/h2-11,13H,12,14H2,1H3,(H,22,25)(H,23,24). The summed E-state index contributed by atoms with van der Waals surface area (Å²) >= 11 is 0. The molecule has 0 saturated carbocycles. The molecule has 3 rings (SSSR count). The molecule has 132 valence electrons. The van der Waals surface area contributed by atoms with E-state index in [-0.39, 0.29) is 11.8 Å². The number of anilines is 1. The summed E-state index contributed by atoms with van der Waals surface area (Å²) < 4.78 is 5.80. The van der Waals surface area contributed by atoms with Crippen molar-refractivity contribution >= 4 is 17.5 Å². The molecule has 0 bridgehead atoms. The van der Waals surface area contributed by atoms with Gasteiger partial charge in [-0.2, -0.15) is 0 Å². The van der Waals surface area contributed by atoms with Crippen molar-refractivity contribution < 1.29 is 14.0 Å². The lowest BCUT2D eigenvalue weighted by atomic mass is 10.2. The molecule has 2 N–H and O–H groups in total. The number of carbonyl (C=O) groups excluding carboxylic acids is 2. The second-order valence-electron chi connectivity index (χ2n) is 5.84. The number of hydrogen-bond donors (Lipinski definition) is 2. The number of carbonyl (C=O) groups is 2. The van der Waals surface area contributed by atoms with Crippen LogP contribution in [0.2, 0.25) is 0 Å². The van der Waals surface area contributed by atoms with Crippen molar-refractivity contribution in [1.29, 1.82) is 0 Å². The lowest BCUT2D eigenvalue weighted by Gasteiger charge is -2.06. The smallest absolute Gasteiger partial charge is 0.251 e. The highest BCUT2D eigenvalue weighted by Crippen LogP contribution is 2.22. The first-order valence-corrected chi connectivity index (χ1v) is 8.42. The van der Waals surface area contributed by atoms with Gasteiger partial charge in [0, 0.05) is 36.7 Å². The minimum atomic E-state index is -0.157. The molecule has 0 spiro atoms. The third-order valence-electron chi connectivity index (χ3n) is 3.98. The van der Waals surface area contributed by atoms with Crippen molar-refractivity contribution in [1.82, 2.24) is 5.32 Å². The molecule has 2 amide bonds. The van der Waals surface area contributed by atoms with Gasteiger partial charge in [-0.15, -0.1) is 0 Å². The van der Waals surface area contributed by atoms with E-state index in [1.54, 1.807) is 31.3 Å². The van der Waals surface area contributed by atoms with Crippen LogP contribution in [0.1, 0.15) is 22.5 Å². The minimum Gasteiger partial charge on any atom is -0.461 e. The second-order valence-corrected chi connectivity index (χ2v) is 5.84. The first-order chi connectivity index (χ1) is 12.7. The van der Waals surface area contributed by atoms with Crippen LogP contribution < -0.4 is 10.6 Å². The van der Waals surface area contributed by atoms with Crippen molar-refractivity contribution in [2.24, 2.45) is 0 Å². The van der Waals surface area contributed by atoms with Gasteiger partial charge < -0.3 is 15.1 Å². The summed E-state index contributed by atoms with van der Waals surface area (Å²) in [5, 5.41) is 5.38. The molecule has 0 unspecified atom stereocenters. The van der Waals surface area contributed by atoms with Crippen LogP contribution in [0, 0.1) is 0 Å². The van der Waals surface area contributed by atoms with E-state index in [0.717, 1.165) is 17.1 Å². The van der Waals surface area contributed by atoms with Crippen LogP contribution >= 0.6 is 0 Å². The Morgan fingerprint density at radius 2 is 1.65 bits per heavy atom. The monoisotopic (exact) mass is 348 g/mol. The Balaban J connectivity index is 1.53. The lowest BCUT2D eigenvalue weighted by Crippen LogP contribution is -2.17. The average molecular weight is 348 g/mol. The maximum Gasteiger partial charge on any atom is 0.251 e. The minimum absolute atomic E-state index is 0.102. The molecule has 26 heavy (non-hydrogen) atoms. The van der Waals surface area contributed by atoms with Crippen LogP contribution in [0.25, 0.3) is 11.3 Å². The number of nitrogens with one attached hydrogen (secondary N) is 2. The van der Waals surface area contributed by atoms with Gasteiger partial charge in [0.15, 0.2) is 0 Å². The van der Waals surface area contributed by atoms with Crippen molar-refractivity contribution in [3.05, 3.63) is 78.1 Å². The third kappa shape index (κ3) is 4.39. The number of aryl methyl sites for hydroxylation is 1. The van der Waals surface area contributed by atoms with Crippen molar-refractivity contribution in [3.8, 4) is 11.3 Å². The number of furan rings is 1. The molecular formula is C21H20N2O3. The zero-order chi connectivity index (χ0) is 18.4. The molecule has 0 aliphatic carbocycles. The van der Waals surface area contributed by atoms with Gasteiger partial charge in [-0.1, -0.05) is 30.3 Å². The van der Waals surface area contributed by atoms with Crippen LogP contribution in [-0.2, 0) is 11.2 Å². The molecule has 5 nitrogen and oxygen atoms in total. The quantitative estimate of drug-likeness (QED) is 0.710. The van der Waals surface area contributed by atoms with Crippen molar-refractivity contribution in [2.45, 2.75) is 12.8 Å². The van der Waals surface area contributed by atoms with E-state index in [0.29, 0.717) is 24.1 Å². The Morgan fingerprint density at radius 3 is 2.35 bits per heavy atom. The van der Waals surface area contributed by atoms with Crippen LogP contribution in [-0.4, -0.2) is 18.9 Å². The van der Waals surface area contributed by atoms with E-state index >= 15 is 0 Å². The topological polar surface area (TPSA) is 71.3 Å². The van der Waals surface area contributed by atoms with Crippen LogP contribution in [0.4, 0.5) is 5.69 Å². The van der Waals surface area contributed by atoms with Gasteiger partial charge in [0.1, 0.15) is 11.5 Å². The fourth-order valence-electron chi connectivity index (χ4n) is 2.58. The van der Waals surface area contributed by atoms with Crippen LogP contribution in [0.3, 0.4) is 0 Å². The van der Waals surface area contributed by atoms with Gasteiger partial charge in [-0.3, -0.25) is 9.59 Å². The van der Waals surface area contributed by atoms with Crippen LogP contribution in [0.5, 0.6) is 0 Å². The van der Waals surface area contributed by atoms with E-state index < -0.39 is 0 Å². The average Bonchev–Trinajstić information content (AvgIpc) is 3.16. The second kappa shape index (κ2) is 8.16. The highest BCUT2D eigenvalue weighted by Gasteiger charge is 2.08. The maximum absolute atomic E-state index is 12.1. The molecule has 2 aromatic carbocycles. The first kappa shape index (κ1) is 17.5. The number of rotatable bonds is 6. The predicted molar refractivity (Wildman–Crippen MR) is 101 cm³/mol. The normalized spacial score (nSPS) is 10.3. The SMILES string of the molecule is CNC(=O)c1ccc(NC(=O)CCc2ccc(-c3ccccc3)o2)cc1. The lowest BCUT2D eigenvalue weighted by molar-refractivity contribution is -0.116. The van der Waals surface area contributed by atoms with E-state index in [1.165, 1.54) is 0 Å². The highest BCUT2D eigenvalue weighted by molar-refractivity contribution is 5.95. The maximum atomic E-state index is 12.1. The van der Waals surface area contributed by atoms with Gasteiger partial charge in [0.05, 0.1) is 0 Å². The van der Waals surface area contributed by atoms with Gasteiger partial charge in [0.25, 0.3) is 5.91 Å². The number of amides is 2. The summed E-state index contributed by atoms with van der Waals surface area (Å²) in [4.78, 5) is 23.6. The molecule has 0 aliphatic rings. The van der Waals surface area contributed by atoms with Crippen molar-refractivity contribution in [2.75, 3.05) is 12.4 Å². The van der Waals surface area contributed by atoms with Gasteiger partial charge >= 0.3 is 0 Å². The molecular weight excluding hydrogens is 328 g/mol. The molecule has 5 heteroatoms. The fraction of sp³-hybridized carbons (Fsp3) is 0.143. The van der Waals surface area contributed by atoms with Gasteiger partial charge in [-0.25, -0.2) is 0 Å². The van der Waals surface area contributed by atoms with Gasteiger partial charge in [-0.05, 0) is 36.4 Å². The van der Waals surface area contributed by atoms with Gasteiger partial charge in [0.2, 0.25) is 5.91 Å². The zero-order valence-electron chi connectivity index (χ0n) is 14.5. The summed E-state index contributed by atoms with van der Waals surface area (Å²) in [5.74, 6) is 1.31. The molecule has 0 atom stereocenters.